The smallest absolute Gasteiger partial charge is 0.462 e. The normalized spacial score (nSPS) is 22.6. The molecule has 0 amide bonds. The molecule has 61 heavy (non-hydrogen) atoms. The van der Waals surface area contributed by atoms with Crippen molar-refractivity contribution >= 4 is 19.8 Å². The molecule has 0 aliphatic heterocycles. The van der Waals surface area contributed by atoms with Crippen molar-refractivity contribution in [3.63, 3.8) is 0 Å². The summed E-state index contributed by atoms with van der Waals surface area (Å²) in [4.78, 5) is 35.7. The van der Waals surface area contributed by atoms with Crippen LogP contribution in [0.3, 0.4) is 0 Å². The molecule has 0 aromatic rings. The number of carbonyl (C=O) groups excluding carboxylic acids is 2. The number of rotatable bonds is 37. The Kier molecular flexibility index (Phi) is 34.3. The molecule has 352 valence electrons. The molecule has 0 aromatic carbocycles. The fourth-order valence-electron chi connectivity index (χ4n) is 6.56. The van der Waals surface area contributed by atoms with E-state index in [1.165, 1.54) is 44.9 Å². The number of phosphoric acid groups is 1. The van der Waals surface area contributed by atoms with Crippen LogP contribution in [0.5, 0.6) is 0 Å². The first-order chi connectivity index (χ1) is 29.4. The fraction of sp³-hybridized carbons (Fsp3) is 0.745. The summed E-state index contributed by atoms with van der Waals surface area (Å²) in [5, 5.41) is 50.1. The molecule has 13 nitrogen and oxygen atoms in total. The van der Waals surface area contributed by atoms with Gasteiger partial charge in [-0.15, -0.1) is 0 Å². The third-order valence-electron chi connectivity index (χ3n) is 10.3. The van der Waals surface area contributed by atoms with Gasteiger partial charge in [0.2, 0.25) is 0 Å². The predicted molar refractivity (Wildman–Crippen MR) is 239 cm³/mol. The minimum absolute atomic E-state index is 0.0768. The van der Waals surface area contributed by atoms with Crippen LogP contribution in [-0.2, 0) is 32.7 Å². The first kappa shape index (κ1) is 56.6. The summed E-state index contributed by atoms with van der Waals surface area (Å²) in [6.45, 7) is 3.21. The van der Waals surface area contributed by atoms with E-state index in [0.29, 0.717) is 12.8 Å². The van der Waals surface area contributed by atoms with Crippen LogP contribution < -0.4 is 0 Å². The second-order valence-electron chi connectivity index (χ2n) is 15.9. The maximum atomic E-state index is 12.8. The zero-order valence-electron chi connectivity index (χ0n) is 37.2. The first-order valence-electron chi connectivity index (χ1n) is 23.1. The van der Waals surface area contributed by atoms with Crippen LogP contribution in [0.2, 0.25) is 0 Å². The molecule has 0 saturated heterocycles. The lowest BCUT2D eigenvalue weighted by atomic mass is 9.85. The number of phosphoric ester groups is 1. The minimum Gasteiger partial charge on any atom is -0.462 e. The maximum Gasteiger partial charge on any atom is 0.472 e. The molecule has 6 N–H and O–H groups in total. The Morgan fingerprint density at radius 2 is 0.885 bits per heavy atom. The Morgan fingerprint density at radius 1 is 0.508 bits per heavy atom. The van der Waals surface area contributed by atoms with Crippen molar-refractivity contribution < 1.29 is 63.1 Å². The van der Waals surface area contributed by atoms with Crippen molar-refractivity contribution in [2.24, 2.45) is 0 Å². The van der Waals surface area contributed by atoms with E-state index in [1.807, 2.05) is 0 Å². The Morgan fingerprint density at radius 3 is 1.41 bits per heavy atom. The fourth-order valence-corrected chi connectivity index (χ4v) is 7.53. The molecule has 0 radical (unpaired) electrons. The third kappa shape index (κ3) is 29.5. The zero-order valence-corrected chi connectivity index (χ0v) is 38.1. The van der Waals surface area contributed by atoms with Crippen LogP contribution in [0.1, 0.15) is 168 Å². The van der Waals surface area contributed by atoms with Gasteiger partial charge in [0.1, 0.15) is 43.2 Å². The number of carbonyl (C=O) groups is 2. The molecule has 6 unspecified atom stereocenters. The van der Waals surface area contributed by atoms with E-state index >= 15 is 0 Å². The van der Waals surface area contributed by atoms with Gasteiger partial charge in [-0.3, -0.25) is 18.6 Å². The molecule has 0 heterocycles. The second-order valence-corrected chi connectivity index (χ2v) is 17.3. The van der Waals surface area contributed by atoms with Crippen LogP contribution in [0.4, 0.5) is 0 Å². The van der Waals surface area contributed by atoms with E-state index in [9.17, 15) is 44.6 Å². The summed E-state index contributed by atoms with van der Waals surface area (Å²) >= 11 is 0. The van der Waals surface area contributed by atoms with E-state index in [-0.39, 0.29) is 12.8 Å². The number of unbranched alkanes of at least 4 members (excludes halogenated alkanes) is 15. The molecule has 14 heteroatoms. The second kappa shape index (κ2) is 37.0. The third-order valence-corrected chi connectivity index (χ3v) is 11.3. The number of hydrogen-bond donors (Lipinski definition) is 6. The molecule has 1 aliphatic carbocycles. The SMILES string of the molecule is CCCCC/C=C/C/C=C/C/C=C/C/C=C/CCCCCC(=O)OC[C@@H](COP(=O)(O)OC1C(O)C(O)C(O)[C@H](O)C1O)OC(=O)CCCCCCC/C=C/CCCCCC. The Hall–Kier alpha value is -2.45. The number of hydrogen-bond acceptors (Lipinski definition) is 12. The monoisotopic (exact) mass is 885 g/mol. The van der Waals surface area contributed by atoms with Crippen molar-refractivity contribution in [2.45, 2.75) is 211 Å². The summed E-state index contributed by atoms with van der Waals surface area (Å²) in [7, 11) is -5.13. The Labute approximate surface area is 366 Å². The van der Waals surface area contributed by atoms with Gasteiger partial charge in [0.25, 0.3) is 0 Å². The van der Waals surface area contributed by atoms with Gasteiger partial charge in [0.15, 0.2) is 6.10 Å². The number of aliphatic hydroxyl groups is 5. The van der Waals surface area contributed by atoms with Gasteiger partial charge >= 0.3 is 19.8 Å². The van der Waals surface area contributed by atoms with E-state index < -0.39 is 75.7 Å². The van der Waals surface area contributed by atoms with Crippen LogP contribution in [0, 0.1) is 0 Å². The standard InChI is InChI=1S/C47H81O13P/c1-3-5-7-9-11-13-15-17-18-19-20-21-22-24-25-27-29-31-33-35-40(48)57-37-39(38-58-61(55,56)60-47-45(53)43(51)42(50)44(52)46(47)54)59-41(49)36-34-32-30-28-26-23-16-14-12-10-8-6-4-2/h11,13-14,16-18,20-21,24-25,39,42-47,50-54H,3-10,12,15,19,22-23,26-38H2,1-2H3,(H,55,56)/b13-11+,16-14+,18-17+,21-20+,25-24+/t39-,42?,43-,44?,45?,46?,47?/m0/s1. The van der Waals surface area contributed by atoms with Crippen LogP contribution in [0.15, 0.2) is 60.8 Å². The van der Waals surface area contributed by atoms with Crippen molar-refractivity contribution in [3.8, 4) is 0 Å². The Bertz CT molecular complexity index is 1300. The van der Waals surface area contributed by atoms with Crippen molar-refractivity contribution in [3.05, 3.63) is 60.8 Å². The largest absolute Gasteiger partial charge is 0.472 e. The maximum absolute atomic E-state index is 12.8. The van der Waals surface area contributed by atoms with E-state index in [0.717, 1.165) is 83.5 Å². The molecule has 1 saturated carbocycles. The molecule has 0 bridgehead atoms. The van der Waals surface area contributed by atoms with E-state index in [4.69, 9.17) is 18.5 Å². The lowest BCUT2D eigenvalue weighted by molar-refractivity contribution is -0.220. The zero-order chi connectivity index (χ0) is 45.0. The van der Waals surface area contributed by atoms with Crippen molar-refractivity contribution in [1.29, 1.82) is 0 Å². The average Bonchev–Trinajstić information content (AvgIpc) is 3.24. The lowest BCUT2D eigenvalue weighted by Crippen LogP contribution is -2.64. The highest BCUT2D eigenvalue weighted by Crippen LogP contribution is 2.47. The quantitative estimate of drug-likeness (QED) is 0.0149. The summed E-state index contributed by atoms with van der Waals surface area (Å²) in [5.41, 5.74) is 0. The highest BCUT2D eigenvalue weighted by atomic mass is 31.2. The number of esters is 2. The summed E-state index contributed by atoms with van der Waals surface area (Å²) in [6, 6.07) is 0. The predicted octanol–water partition coefficient (Wildman–Crippen LogP) is 8.94. The number of aliphatic hydroxyl groups excluding tert-OH is 5. The van der Waals surface area contributed by atoms with Gasteiger partial charge in [-0.2, -0.15) is 0 Å². The summed E-state index contributed by atoms with van der Waals surface area (Å²) in [5.74, 6) is -1.15. The first-order valence-corrected chi connectivity index (χ1v) is 24.6. The highest BCUT2D eigenvalue weighted by Gasteiger charge is 2.51. The van der Waals surface area contributed by atoms with Gasteiger partial charge in [0.05, 0.1) is 6.61 Å². The average molecular weight is 885 g/mol. The van der Waals surface area contributed by atoms with Gasteiger partial charge in [-0.25, -0.2) is 4.57 Å². The van der Waals surface area contributed by atoms with Crippen LogP contribution >= 0.6 is 7.82 Å². The Balaban J connectivity index is 2.49. The molecule has 8 atom stereocenters. The number of ether oxygens (including phenoxy) is 2. The lowest BCUT2D eigenvalue weighted by Gasteiger charge is -2.41. The van der Waals surface area contributed by atoms with E-state index in [1.54, 1.807) is 0 Å². The van der Waals surface area contributed by atoms with Gasteiger partial charge in [0, 0.05) is 12.8 Å². The van der Waals surface area contributed by atoms with Crippen LogP contribution in [0.25, 0.3) is 0 Å². The van der Waals surface area contributed by atoms with Crippen molar-refractivity contribution in [2.75, 3.05) is 13.2 Å². The summed E-state index contributed by atoms with van der Waals surface area (Å²) in [6.07, 6.45) is 31.3. The van der Waals surface area contributed by atoms with Crippen molar-refractivity contribution in [1.82, 2.24) is 0 Å². The molecule has 1 rings (SSSR count). The van der Waals surface area contributed by atoms with Gasteiger partial charge in [-0.1, -0.05) is 132 Å². The molecule has 1 aliphatic rings. The molecular weight excluding hydrogens is 803 g/mol. The van der Waals surface area contributed by atoms with Gasteiger partial charge < -0.3 is 39.9 Å². The topological polar surface area (TPSA) is 210 Å². The van der Waals surface area contributed by atoms with E-state index in [2.05, 4.69) is 74.6 Å². The summed E-state index contributed by atoms with van der Waals surface area (Å²) < 4.78 is 33.5. The molecule has 0 spiro atoms. The molecule has 1 fully saturated rings. The number of allylic oxidation sites excluding steroid dienone is 10. The highest BCUT2D eigenvalue weighted by molar-refractivity contribution is 7.47. The molecular formula is C47H81O13P. The van der Waals surface area contributed by atoms with Crippen LogP contribution in [-0.4, -0.2) is 98.3 Å². The minimum atomic E-state index is -5.13. The molecule has 0 aromatic heterocycles. The van der Waals surface area contributed by atoms with Gasteiger partial charge in [-0.05, 0) is 83.5 Å².